The van der Waals surface area contributed by atoms with Gasteiger partial charge in [-0.2, -0.15) is 10.4 Å². The van der Waals surface area contributed by atoms with E-state index in [4.69, 9.17) is 9.40 Å². The number of aromatic amines is 1. The van der Waals surface area contributed by atoms with Gasteiger partial charge in [-0.1, -0.05) is 6.92 Å². The van der Waals surface area contributed by atoms with E-state index in [1.807, 2.05) is 49.0 Å². The molecule has 5 aromatic heterocycles. The van der Waals surface area contributed by atoms with E-state index in [0.29, 0.717) is 18.0 Å². The fourth-order valence-corrected chi connectivity index (χ4v) is 3.49. The minimum absolute atomic E-state index is 0.313. The normalized spacial score (nSPS) is 12.6. The van der Waals surface area contributed by atoms with Crippen LogP contribution in [0.1, 0.15) is 25.1 Å². The molecule has 5 aromatic rings. The summed E-state index contributed by atoms with van der Waals surface area (Å²) in [5, 5.41) is 14.8. The van der Waals surface area contributed by atoms with Crippen LogP contribution in [-0.2, 0) is 0 Å². The van der Waals surface area contributed by atoms with Gasteiger partial charge in [0.25, 0.3) is 0 Å². The summed E-state index contributed by atoms with van der Waals surface area (Å²) in [6.07, 6.45) is 7.91. The summed E-state index contributed by atoms with van der Waals surface area (Å²) in [6, 6.07) is 7.77. The third kappa shape index (κ3) is 2.33. The zero-order valence-corrected chi connectivity index (χ0v) is 15.4. The molecule has 1 unspecified atom stereocenters. The van der Waals surface area contributed by atoms with Crippen molar-refractivity contribution in [3.63, 3.8) is 0 Å². The second kappa shape index (κ2) is 6.09. The number of nitriles is 1. The van der Waals surface area contributed by atoms with E-state index in [1.54, 1.807) is 17.1 Å². The van der Waals surface area contributed by atoms with Crippen LogP contribution in [0.5, 0.6) is 0 Å². The summed E-state index contributed by atoms with van der Waals surface area (Å²) in [7, 11) is 0. The van der Waals surface area contributed by atoms with Crippen LogP contribution in [-0.4, -0.2) is 29.3 Å². The number of aromatic nitrogens is 6. The number of rotatable bonds is 4. The van der Waals surface area contributed by atoms with Crippen molar-refractivity contribution < 1.29 is 4.42 Å². The first-order chi connectivity index (χ1) is 13.7. The van der Waals surface area contributed by atoms with Crippen LogP contribution in [0.3, 0.4) is 0 Å². The van der Waals surface area contributed by atoms with E-state index >= 15 is 0 Å². The second-order valence-electron chi connectivity index (χ2n) is 6.64. The first-order valence-electron chi connectivity index (χ1n) is 9.05. The number of hydrogen-bond acceptors (Lipinski definition) is 5. The highest BCUT2D eigenvalue weighted by Crippen LogP contribution is 2.33. The lowest BCUT2D eigenvalue weighted by molar-refractivity contribution is 0.534. The Labute approximate surface area is 160 Å². The number of nitrogens with one attached hydrogen (secondary N) is 1. The predicted octanol–water partition coefficient (Wildman–Crippen LogP) is 4.14. The summed E-state index contributed by atoms with van der Waals surface area (Å²) in [5.41, 5.74) is 3.27. The smallest absolute Gasteiger partial charge is 0.182 e. The summed E-state index contributed by atoms with van der Waals surface area (Å²) in [6.45, 7) is 3.87. The van der Waals surface area contributed by atoms with Crippen LogP contribution in [0.4, 0.5) is 0 Å². The number of furan rings is 1. The number of nitrogens with zero attached hydrogens (tertiary/aromatic N) is 6. The van der Waals surface area contributed by atoms with Crippen LogP contribution in [0, 0.1) is 18.3 Å². The minimum atomic E-state index is -0.313. The van der Waals surface area contributed by atoms with Crippen LogP contribution < -0.4 is 0 Å². The SMILES string of the molecule is CCC(C#N)n1cc(-n2c(-c3ccc(C)o3)nc3cnc4[nH]ccc4c32)cn1. The molecule has 0 amide bonds. The second-order valence-corrected chi connectivity index (χ2v) is 6.64. The molecule has 0 radical (unpaired) electrons. The van der Waals surface area contributed by atoms with Crippen LogP contribution in [0.25, 0.3) is 39.3 Å². The molecular formula is C20H17N7O. The maximum Gasteiger partial charge on any atom is 0.182 e. The molecule has 0 bridgehead atoms. The molecule has 0 saturated carbocycles. The number of imidazole rings is 1. The lowest BCUT2D eigenvalue weighted by Crippen LogP contribution is -2.05. The van der Waals surface area contributed by atoms with Crippen LogP contribution in [0.2, 0.25) is 0 Å². The Bertz CT molecular complexity index is 1340. The molecule has 8 nitrogen and oxygen atoms in total. The number of fused-ring (bicyclic) bond motifs is 3. The zero-order chi connectivity index (χ0) is 19.3. The number of pyridine rings is 1. The molecule has 138 valence electrons. The third-order valence-electron chi connectivity index (χ3n) is 4.86. The maximum absolute atomic E-state index is 9.38. The molecule has 0 aliphatic heterocycles. The lowest BCUT2D eigenvalue weighted by Gasteiger charge is -2.07. The molecule has 5 rings (SSSR count). The Balaban J connectivity index is 1.83. The van der Waals surface area contributed by atoms with E-state index in [-0.39, 0.29) is 6.04 Å². The van der Waals surface area contributed by atoms with E-state index in [0.717, 1.165) is 33.5 Å². The van der Waals surface area contributed by atoms with Gasteiger partial charge >= 0.3 is 0 Å². The monoisotopic (exact) mass is 371 g/mol. The Kier molecular flexibility index (Phi) is 3.55. The van der Waals surface area contributed by atoms with E-state index in [2.05, 4.69) is 21.1 Å². The molecule has 1 N–H and O–H groups in total. The average Bonchev–Trinajstić information content (AvgIpc) is 3.46. The largest absolute Gasteiger partial charge is 0.458 e. The van der Waals surface area contributed by atoms with Crippen molar-refractivity contribution in [2.24, 2.45) is 0 Å². The quantitative estimate of drug-likeness (QED) is 0.511. The van der Waals surface area contributed by atoms with E-state index in [9.17, 15) is 5.26 Å². The van der Waals surface area contributed by atoms with Crippen LogP contribution >= 0.6 is 0 Å². The molecule has 0 fully saturated rings. The molecule has 28 heavy (non-hydrogen) atoms. The van der Waals surface area contributed by atoms with Gasteiger partial charge in [0, 0.05) is 11.6 Å². The van der Waals surface area contributed by atoms with Crippen molar-refractivity contribution in [2.75, 3.05) is 0 Å². The highest BCUT2D eigenvalue weighted by atomic mass is 16.3. The summed E-state index contributed by atoms with van der Waals surface area (Å²) in [5.74, 6) is 2.14. The molecular weight excluding hydrogens is 354 g/mol. The summed E-state index contributed by atoms with van der Waals surface area (Å²) < 4.78 is 9.56. The van der Waals surface area contributed by atoms with Gasteiger partial charge < -0.3 is 9.40 Å². The third-order valence-corrected chi connectivity index (χ3v) is 4.86. The molecule has 1 atom stereocenters. The molecule has 0 aromatic carbocycles. The van der Waals surface area contributed by atoms with Gasteiger partial charge in [-0.15, -0.1) is 0 Å². The van der Waals surface area contributed by atoms with Crippen molar-refractivity contribution >= 4 is 22.1 Å². The Morgan fingerprint density at radius 3 is 2.93 bits per heavy atom. The summed E-state index contributed by atoms with van der Waals surface area (Å²) in [4.78, 5) is 12.4. The van der Waals surface area contributed by atoms with Crippen molar-refractivity contribution in [2.45, 2.75) is 26.3 Å². The fraction of sp³-hybridized carbons (Fsp3) is 0.200. The fourth-order valence-electron chi connectivity index (χ4n) is 3.49. The standard InChI is InChI=1S/C20H17N7O/c1-3-13(8-21)26-11-14(9-24-26)27-18-15-6-7-22-19(15)23-10-16(18)25-20(27)17-5-4-12(2)28-17/h4-7,9-11,13H,3H2,1-2H3,(H,22,23). The Morgan fingerprint density at radius 2 is 2.18 bits per heavy atom. The predicted molar refractivity (Wildman–Crippen MR) is 104 cm³/mol. The molecule has 0 spiro atoms. The summed E-state index contributed by atoms with van der Waals surface area (Å²) >= 11 is 0. The van der Waals surface area contributed by atoms with Gasteiger partial charge in [0.05, 0.1) is 35.9 Å². The van der Waals surface area contributed by atoms with E-state index < -0.39 is 0 Å². The maximum atomic E-state index is 9.38. The van der Waals surface area contributed by atoms with Gasteiger partial charge in [-0.3, -0.25) is 9.25 Å². The van der Waals surface area contributed by atoms with Crippen molar-refractivity contribution in [1.82, 2.24) is 29.3 Å². The van der Waals surface area contributed by atoms with E-state index in [1.165, 1.54) is 0 Å². The molecule has 5 heterocycles. The highest BCUT2D eigenvalue weighted by molar-refractivity contribution is 6.03. The Morgan fingerprint density at radius 1 is 1.29 bits per heavy atom. The average molecular weight is 371 g/mol. The number of aryl methyl sites for hydroxylation is 1. The lowest BCUT2D eigenvalue weighted by atomic mass is 10.2. The first kappa shape index (κ1) is 16.3. The van der Waals surface area contributed by atoms with Gasteiger partial charge in [0.15, 0.2) is 11.6 Å². The van der Waals surface area contributed by atoms with Gasteiger partial charge in [-0.05, 0) is 31.5 Å². The molecule has 0 aliphatic carbocycles. The molecule has 0 aliphatic rings. The van der Waals surface area contributed by atoms with Crippen LogP contribution in [0.15, 0.2) is 47.4 Å². The van der Waals surface area contributed by atoms with Gasteiger partial charge in [-0.25, -0.2) is 9.97 Å². The van der Waals surface area contributed by atoms with Gasteiger partial charge in [0.1, 0.15) is 23.0 Å². The van der Waals surface area contributed by atoms with Crippen molar-refractivity contribution in [3.05, 3.63) is 48.7 Å². The first-order valence-corrected chi connectivity index (χ1v) is 9.05. The highest BCUT2D eigenvalue weighted by Gasteiger charge is 2.21. The van der Waals surface area contributed by atoms with Gasteiger partial charge in [0.2, 0.25) is 0 Å². The zero-order valence-electron chi connectivity index (χ0n) is 15.4. The molecule has 0 saturated heterocycles. The topological polar surface area (TPSA) is 101 Å². The number of H-pyrrole nitrogens is 1. The molecule has 8 heteroatoms. The Hall–Kier alpha value is -3.86. The number of hydrogen-bond donors (Lipinski definition) is 1. The van der Waals surface area contributed by atoms with Crippen molar-refractivity contribution in [1.29, 1.82) is 5.26 Å². The minimum Gasteiger partial charge on any atom is -0.458 e. The van der Waals surface area contributed by atoms with Crippen molar-refractivity contribution in [3.8, 4) is 23.3 Å².